The molecule has 4 heteroatoms. The first-order valence-corrected chi connectivity index (χ1v) is 6.64. The summed E-state index contributed by atoms with van der Waals surface area (Å²) in [6.07, 6.45) is 3.25. The third kappa shape index (κ3) is 2.95. The largest absolute Gasteiger partial charge is 0.324 e. The fourth-order valence-corrected chi connectivity index (χ4v) is 2.38. The first kappa shape index (κ1) is 11.9. The van der Waals surface area contributed by atoms with Gasteiger partial charge in [-0.05, 0) is 54.1 Å². The smallest absolute Gasteiger partial charge is 0.241 e. The number of hydrogen-bond acceptors (Lipinski definition) is 2. The van der Waals surface area contributed by atoms with E-state index in [0.717, 1.165) is 28.6 Å². The van der Waals surface area contributed by atoms with Gasteiger partial charge in [-0.15, -0.1) is 0 Å². The van der Waals surface area contributed by atoms with Crippen molar-refractivity contribution in [1.29, 1.82) is 0 Å². The van der Waals surface area contributed by atoms with E-state index in [1.165, 1.54) is 6.42 Å². The van der Waals surface area contributed by atoms with E-state index in [1.807, 2.05) is 24.3 Å². The lowest BCUT2D eigenvalue weighted by Gasteiger charge is -2.22. The number of halogens is 1. The lowest BCUT2D eigenvalue weighted by molar-refractivity contribution is -0.118. The molecule has 0 spiro atoms. The second kappa shape index (κ2) is 5.63. The minimum atomic E-state index is -0.0234. The number of nitrogens with one attached hydrogen (secondary N) is 2. The van der Waals surface area contributed by atoms with Crippen molar-refractivity contribution in [2.24, 2.45) is 0 Å². The number of rotatable bonds is 2. The van der Waals surface area contributed by atoms with Crippen molar-refractivity contribution in [3.8, 4) is 0 Å². The average molecular weight is 330 g/mol. The molecule has 1 aromatic carbocycles. The molecule has 0 unspecified atom stereocenters. The lowest BCUT2D eigenvalue weighted by atomic mass is 10.0. The summed E-state index contributed by atoms with van der Waals surface area (Å²) in [6.45, 7) is 0.948. The normalized spacial score (nSPS) is 20.4. The molecule has 86 valence electrons. The van der Waals surface area contributed by atoms with Crippen molar-refractivity contribution in [3.05, 3.63) is 27.8 Å². The number of piperidine rings is 1. The van der Waals surface area contributed by atoms with Gasteiger partial charge in [-0.25, -0.2) is 0 Å². The molecular formula is C12H15IN2O. The summed E-state index contributed by atoms with van der Waals surface area (Å²) in [5.74, 6) is 0.0869. The van der Waals surface area contributed by atoms with Crippen LogP contribution in [0, 0.1) is 3.57 Å². The van der Waals surface area contributed by atoms with Crippen LogP contribution in [-0.4, -0.2) is 18.5 Å². The Labute approximate surface area is 109 Å². The van der Waals surface area contributed by atoms with Gasteiger partial charge in [-0.2, -0.15) is 0 Å². The number of para-hydroxylation sites is 1. The highest BCUT2D eigenvalue weighted by atomic mass is 127. The Kier molecular flexibility index (Phi) is 4.17. The molecule has 1 amide bonds. The highest BCUT2D eigenvalue weighted by Crippen LogP contribution is 2.18. The maximum absolute atomic E-state index is 11.9. The topological polar surface area (TPSA) is 41.1 Å². The Morgan fingerprint density at radius 2 is 2.19 bits per heavy atom. The van der Waals surface area contributed by atoms with Gasteiger partial charge in [0.05, 0.1) is 11.7 Å². The van der Waals surface area contributed by atoms with E-state index < -0.39 is 0 Å². The third-order valence-electron chi connectivity index (χ3n) is 2.76. The van der Waals surface area contributed by atoms with Crippen molar-refractivity contribution in [3.63, 3.8) is 0 Å². The summed E-state index contributed by atoms with van der Waals surface area (Å²) in [5.41, 5.74) is 0.903. The van der Waals surface area contributed by atoms with Crippen LogP contribution in [0.3, 0.4) is 0 Å². The highest BCUT2D eigenvalue weighted by Gasteiger charge is 2.20. The van der Waals surface area contributed by atoms with E-state index in [2.05, 4.69) is 33.2 Å². The minimum absolute atomic E-state index is 0.0234. The van der Waals surface area contributed by atoms with Crippen LogP contribution in [0.25, 0.3) is 0 Å². The van der Waals surface area contributed by atoms with Crippen LogP contribution in [0.2, 0.25) is 0 Å². The summed E-state index contributed by atoms with van der Waals surface area (Å²) in [4.78, 5) is 11.9. The van der Waals surface area contributed by atoms with E-state index in [4.69, 9.17) is 0 Å². The van der Waals surface area contributed by atoms with Gasteiger partial charge < -0.3 is 10.6 Å². The molecule has 0 bridgehead atoms. The molecule has 0 radical (unpaired) electrons. The quantitative estimate of drug-likeness (QED) is 0.818. The van der Waals surface area contributed by atoms with E-state index in [9.17, 15) is 4.79 Å². The first-order valence-electron chi connectivity index (χ1n) is 5.56. The van der Waals surface area contributed by atoms with Crippen molar-refractivity contribution < 1.29 is 4.79 Å². The Morgan fingerprint density at radius 1 is 1.38 bits per heavy atom. The molecule has 1 fully saturated rings. The van der Waals surface area contributed by atoms with Gasteiger partial charge in [0.2, 0.25) is 5.91 Å². The molecule has 0 aromatic heterocycles. The number of benzene rings is 1. The molecule has 3 nitrogen and oxygen atoms in total. The molecule has 1 heterocycles. The van der Waals surface area contributed by atoms with Crippen molar-refractivity contribution >= 4 is 34.2 Å². The molecular weight excluding hydrogens is 315 g/mol. The van der Waals surface area contributed by atoms with Gasteiger partial charge in [0.15, 0.2) is 0 Å². The number of carbonyl (C=O) groups excluding carboxylic acids is 1. The zero-order chi connectivity index (χ0) is 11.4. The number of amides is 1. The minimum Gasteiger partial charge on any atom is -0.324 e. The summed E-state index contributed by atoms with van der Waals surface area (Å²) >= 11 is 2.23. The molecule has 2 rings (SSSR count). The molecule has 16 heavy (non-hydrogen) atoms. The van der Waals surface area contributed by atoms with E-state index in [-0.39, 0.29) is 11.9 Å². The number of hydrogen-bond donors (Lipinski definition) is 2. The van der Waals surface area contributed by atoms with Crippen LogP contribution < -0.4 is 10.6 Å². The van der Waals surface area contributed by atoms with E-state index in [1.54, 1.807) is 0 Å². The SMILES string of the molecule is O=C(Nc1ccccc1I)[C@@H]1CCCCN1. The lowest BCUT2D eigenvalue weighted by Crippen LogP contribution is -2.43. The molecule has 1 atom stereocenters. The standard InChI is InChI=1S/C12H15IN2O/c13-9-5-1-2-6-10(9)15-12(16)11-7-3-4-8-14-11/h1-2,5-6,11,14H,3-4,7-8H2,(H,15,16)/t11-/m0/s1. The van der Waals surface area contributed by atoms with Crippen LogP contribution in [-0.2, 0) is 4.79 Å². The van der Waals surface area contributed by atoms with Crippen LogP contribution in [0.1, 0.15) is 19.3 Å². The highest BCUT2D eigenvalue weighted by molar-refractivity contribution is 14.1. The Balaban J connectivity index is 1.99. The van der Waals surface area contributed by atoms with Crippen LogP contribution in [0.4, 0.5) is 5.69 Å². The van der Waals surface area contributed by atoms with Gasteiger partial charge in [-0.3, -0.25) is 4.79 Å². The van der Waals surface area contributed by atoms with E-state index in [0.29, 0.717) is 0 Å². The number of anilines is 1. The predicted molar refractivity (Wildman–Crippen MR) is 73.4 cm³/mol. The number of carbonyl (C=O) groups is 1. The second-order valence-corrected chi connectivity index (χ2v) is 5.13. The van der Waals surface area contributed by atoms with Gasteiger partial charge in [-0.1, -0.05) is 18.6 Å². The van der Waals surface area contributed by atoms with Gasteiger partial charge >= 0.3 is 0 Å². The molecule has 1 aromatic rings. The predicted octanol–water partition coefficient (Wildman–Crippen LogP) is 2.37. The zero-order valence-electron chi connectivity index (χ0n) is 9.00. The summed E-state index contributed by atoms with van der Waals surface area (Å²) in [7, 11) is 0. The van der Waals surface area contributed by atoms with Crippen molar-refractivity contribution in [2.45, 2.75) is 25.3 Å². The van der Waals surface area contributed by atoms with Crippen molar-refractivity contribution in [1.82, 2.24) is 5.32 Å². The van der Waals surface area contributed by atoms with Crippen molar-refractivity contribution in [2.75, 3.05) is 11.9 Å². The molecule has 0 aliphatic carbocycles. The van der Waals surface area contributed by atoms with Gasteiger partial charge in [0.25, 0.3) is 0 Å². The van der Waals surface area contributed by atoms with Crippen LogP contribution >= 0.6 is 22.6 Å². The summed E-state index contributed by atoms with van der Waals surface area (Å²) in [6, 6.07) is 7.81. The fourth-order valence-electron chi connectivity index (χ4n) is 1.86. The first-order chi connectivity index (χ1) is 7.77. The molecule has 0 saturated carbocycles. The van der Waals surface area contributed by atoms with Gasteiger partial charge in [0.1, 0.15) is 0 Å². The third-order valence-corrected chi connectivity index (χ3v) is 3.70. The average Bonchev–Trinajstić information content (AvgIpc) is 2.33. The fraction of sp³-hybridized carbons (Fsp3) is 0.417. The zero-order valence-corrected chi connectivity index (χ0v) is 11.2. The monoisotopic (exact) mass is 330 g/mol. The maximum Gasteiger partial charge on any atom is 0.241 e. The Bertz CT molecular complexity index is 375. The summed E-state index contributed by atoms with van der Waals surface area (Å²) in [5, 5.41) is 6.22. The maximum atomic E-state index is 11.9. The Hall–Kier alpha value is -0.620. The molecule has 1 aliphatic rings. The van der Waals surface area contributed by atoms with E-state index >= 15 is 0 Å². The van der Waals surface area contributed by atoms with Crippen LogP contribution in [0.15, 0.2) is 24.3 Å². The molecule has 1 aliphatic heterocycles. The molecule has 2 N–H and O–H groups in total. The van der Waals surface area contributed by atoms with Gasteiger partial charge in [0, 0.05) is 3.57 Å². The molecule has 1 saturated heterocycles. The second-order valence-electron chi connectivity index (χ2n) is 3.97. The summed E-state index contributed by atoms with van der Waals surface area (Å²) < 4.78 is 1.07. The van der Waals surface area contributed by atoms with Crippen LogP contribution in [0.5, 0.6) is 0 Å². The Morgan fingerprint density at radius 3 is 2.88 bits per heavy atom.